The molecule has 112 valence electrons. The van der Waals surface area contributed by atoms with Crippen molar-refractivity contribution in [2.45, 2.75) is 26.8 Å². The molecule has 1 aliphatic rings. The second-order valence-corrected chi connectivity index (χ2v) is 6.07. The van der Waals surface area contributed by atoms with Crippen LogP contribution in [0.5, 0.6) is 0 Å². The van der Waals surface area contributed by atoms with Crippen molar-refractivity contribution >= 4 is 17.3 Å². The summed E-state index contributed by atoms with van der Waals surface area (Å²) in [6, 6.07) is 15.8. The molecule has 2 aromatic rings. The van der Waals surface area contributed by atoms with E-state index in [1.54, 1.807) is 0 Å². The quantitative estimate of drug-likeness (QED) is 0.898. The first-order valence-corrected chi connectivity index (χ1v) is 7.61. The Morgan fingerprint density at radius 2 is 1.82 bits per heavy atom. The Bertz CT molecular complexity index is 732. The van der Waals surface area contributed by atoms with E-state index in [-0.39, 0.29) is 17.9 Å². The van der Waals surface area contributed by atoms with Crippen molar-refractivity contribution in [3.8, 4) is 0 Å². The molecule has 0 saturated heterocycles. The first-order valence-electron chi connectivity index (χ1n) is 7.61. The molecule has 1 amide bonds. The molecule has 1 N–H and O–H groups in total. The van der Waals surface area contributed by atoms with Gasteiger partial charge in [-0.25, -0.2) is 0 Å². The molecule has 0 aromatic heterocycles. The number of nitrogens with zero attached hydrogens (tertiary/aromatic N) is 1. The van der Waals surface area contributed by atoms with Crippen molar-refractivity contribution in [2.24, 2.45) is 10.9 Å². The maximum atomic E-state index is 12.5. The monoisotopic (exact) mass is 292 g/mol. The average molecular weight is 292 g/mol. The molecule has 1 aliphatic heterocycles. The molecule has 2 aromatic carbocycles. The van der Waals surface area contributed by atoms with Crippen LogP contribution in [0.2, 0.25) is 0 Å². The lowest BCUT2D eigenvalue weighted by molar-refractivity contribution is -0.118. The van der Waals surface area contributed by atoms with E-state index < -0.39 is 0 Å². The van der Waals surface area contributed by atoms with Crippen LogP contribution in [-0.4, -0.2) is 17.7 Å². The average Bonchev–Trinajstić information content (AvgIpc) is 2.64. The number of amides is 1. The van der Waals surface area contributed by atoms with Gasteiger partial charge in [0.25, 0.3) is 0 Å². The number of aryl methyl sites for hydroxylation is 1. The number of rotatable bonds is 2. The van der Waals surface area contributed by atoms with Crippen molar-refractivity contribution in [3.63, 3.8) is 0 Å². The zero-order valence-corrected chi connectivity index (χ0v) is 13.1. The first-order chi connectivity index (χ1) is 10.6. The number of benzodiazepines with no additional fused rings is 1. The van der Waals surface area contributed by atoms with Gasteiger partial charge in [-0.3, -0.25) is 9.79 Å². The van der Waals surface area contributed by atoms with Crippen LogP contribution in [0.1, 0.15) is 30.5 Å². The molecular weight excluding hydrogens is 272 g/mol. The topological polar surface area (TPSA) is 41.5 Å². The van der Waals surface area contributed by atoms with Crippen molar-refractivity contribution in [3.05, 3.63) is 65.2 Å². The number of anilines is 1. The Kier molecular flexibility index (Phi) is 3.80. The third-order valence-electron chi connectivity index (χ3n) is 3.90. The van der Waals surface area contributed by atoms with Gasteiger partial charge in [-0.15, -0.1) is 0 Å². The van der Waals surface area contributed by atoms with Gasteiger partial charge < -0.3 is 5.32 Å². The molecule has 0 spiro atoms. The van der Waals surface area contributed by atoms with Gasteiger partial charge in [0.05, 0.1) is 11.4 Å². The lowest BCUT2D eigenvalue weighted by Crippen LogP contribution is -2.30. The Balaban J connectivity index is 2.23. The van der Waals surface area contributed by atoms with E-state index >= 15 is 0 Å². The molecule has 0 fully saturated rings. The summed E-state index contributed by atoms with van der Waals surface area (Å²) in [5.41, 5.74) is 4.90. The molecule has 0 saturated carbocycles. The Morgan fingerprint density at radius 3 is 2.50 bits per heavy atom. The summed E-state index contributed by atoms with van der Waals surface area (Å²) in [6.07, 6.45) is 0. The molecule has 0 radical (unpaired) electrons. The van der Waals surface area contributed by atoms with Crippen molar-refractivity contribution in [2.75, 3.05) is 5.32 Å². The fraction of sp³-hybridized carbons (Fsp3) is 0.263. The third kappa shape index (κ3) is 2.67. The van der Waals surface area contributed by atoms with E-state index in [4.69, 9.17) is 4.99 Å². The number of hydrogen-bond donors (Lipinski definition) is 1. The SMILES string of the molecule is Cc1ccc2c(c1)C(c1ccccc1)=NC(C(C)C)C(=O)N2. The van der Waals surface area contributed by atoms with Crippen molar-refractivity contribution in [1.82, 2.24) is 0 Å². The highest BCUT2D eigenvalue weighted by Crippen LogP contribution is 2.27. The van der Waals surface area contributed by atoms with Crippen LogP contribution in [0.3, 0.4) is 0 Å². The predicted octanol–water partition coefficient (Wildman–Crippen LogP) is 3.81. The van der Waals surface area contributed by atoms with Gasteiger partial charge in [0.1, 0.15) is 6.04 Å². The smallest absolute Gasteiger partial charge is 0.249 e. The van der Waals surface area contributed by atoms with Crippen molar-refractivity contribution < 1.29 is 4.79 Å². The summed E-state index contributed by atoms with van der Waals surface area (Å²) < 4.78 is 0. The highest BCUT2D eigenvalue weighted by Gasteiger charge is 2.27. The second kappa shape index (κ2) is 5.76. The van der Waals surface area contributed by atoms with Crippen LogP contribution in [-0.2, 0) is 4.79 Å². The highest BCUT2D eigenvalue weighted by molar-refractivity contribution is 6.19. The number of hydrogen-bond acceptors (Lipinski definition) is 2. The largest absolute Gasteiger partial charge is 0.324 e. The van der Waals surface area contributed by atoms with E-state index in [0.717, 1.165) is 28.1 Å². The van der Waals surface area contributed by atoms with E-state index in [1.165, 1.54) is 0 Å². The molecule has 3 rings (SSSR count). The molecular formula is C19H20N2O. The van der Waals surface area contributed by atoms with Crippen LogP contribution in [0, 0.1) is 12.8 Å². The zero-order valence-electron chi connectivity index (χ0n) is 13.1. The third-order valence-corrected chi connectivity index (χ3v) is 3.90. The number of fused-ring (bicyclic) bond motifs is 1. The van der Waals surface area contributed by atoms with E-state index in [0.29, 0.717) is 0 Å². The van der Waals surface area contributed by atoms with Crippen LogP contribution in [0.25, 0.3) is 0 Å². The number of carbonyl (C=O) groups is 1. The molecule has 3 nitrogen and oxygen atoms in total. The van der Waals surface area contributed by atoms with Gasteiger partial charge in [0.15, 0.2) is 0 Å². The lowest BCUT2D eigenvalue weighted by atomic mass is 9.98. The summed E-state index contributed by atoms with van der Waals surface area (Å²) in [7, 11) is 0. The number of aliphatic imine (C=N–C) groups is 1. The molecule has 1 atom stereocenters. The summed E-state index contributed by atoms with van der Waals surface area (Å²) in [5.74, 6) is 0.111. The van der Waals surface area contributed by atoms with Gasteiger partial charge in [0, 0.05) is 11.1 Å². The minimum absolute atomic E-state index is 0.0361. The van der Waals surface area contributed by atoms with E-state index in [1.807, 2.05) is 56.3 Å². The number of carbonyl (C=O) groups excluding carboxylic acids is 1. The van der Waals surface area contributed by atoms with Gasteiger partial charge in [-0.05, 0) is 25.0 Å². The number of nitrogens with one attached hydrogen (secondary N) is 1. The normalized spacial score (nSPS) is 17.5. The van der Waals surface area contributed by atoms with Gasteiger partial charge in [0.2, 0.25) is 5.91 Å². The Labute approximate surface area is 131 Å². The minimum atomic E-state index is -0.372. The van der Waals surface area contributed by atoms with Crippen LogP contribution in [0.4, 0.5) is 5.69 Å². The molecule has 22 heavy (non-hydrogen) atoms. The fourth-order valence-electron chi connectivity index (χ4n) is 2.71. The molecule has 1 heterocycles. The minimum Gasteiger partial charge on any atom is -0.324 e. The zero-order chi connectivity index (χ0) is 15.7. The van der Waals surface area contributed by atoms with Crippen LogP contribution < -0.4 is 5.32 Å². The predicted molar refractivity (Wildman–Crippen MR) is 90.5 cm³/mol. The van der Waals surface area contributed by atoms with Gasteiger partial charge in [-0.2, -0.15) is 0 Å². The van der Waals surface area contributed by atoms with E-state index in [2.05, 4.69) is 18.3 Å². The van der Waals surface area contributed by atoms with Crippen molar-refractivity contribution in [1.29, 1.82) is 0 Å². The van der Waals surface area contributed by atoms with Gasteiger partial charge >= 0.3 is 0 Å². The summed E-state index contributed by atoms with van der Waals surface area (Å²) in [6.45, 7) is 6.10. The maximum absolute atomic E-state index is 12.5. The van der Waals surface area contributed by atoms with Crippen LogP contribution >= 0.6 is 0 Å². The number of benzene rings is 2. The fourth-order valence-corrected chi connectivity index (χ4v) is 2.71. The standard InChI is InChI=1S/C19H20N2O/c1-12(2)17-19(22)20-16-10-9-13(3)11-15(16)18(21-17)14-7-5-4-6-8-14/h4-12,17H,1-3H3,(H,20,22). The summed E-state index contributed by atoms with van der Waals surface area (Å²) in [4.78, 5) is 17.3. The van der Waals surface area contributed by atoms with Gasteiger partial charge in [-0.1, -0.05) is 55.8 Å². The highest BCUT2D eigenvalue weighted by atomic mass is 16.2. The second-order valence-electron chi connectivity index (χ2n) is 6.07. The van der Waals surface area contributed by atoms with E-state index in [9.17, 15) is 4.79 Å². The van der Waals surface area contributed by atoms with Crippen LogP contribution in [0.15, 0.2) is 53.5 Å². The molecule has 0 bridgehead atoms. The summed E-state index contributed by atoms with van der Waals surface area (Å²) >= 11 is 0. The Hall–Kier alpha value is -2.42. The summed E-state index contributed by atoms with van der Waals surface area (Å²) in [5, 5.41) is 3.03. The maximum Gasteiger partial charge on any atom is 0.249 e. The molecule has 0 aliphatic carbocycles. The first kappa shape index (κ1) is 14.5. The molecule has 3 heteroatoms. The Morgan fingerprint density at radius 1 is 1.09 bits per heavy atom. The molecule has 1 unspecified atom stereocenters. The lowest BCUT2D eigenvalue weighted by Gasteiger charge is -2.14.